The van der Waals surface area contributed by atoms with Gasteiger partial charge < -0.3 is 14.2 Å². The zero-order valence-corrected chi connectivity index (χ0v) is 47.5. The van der Waals surface area contributed by atoms with E-state index in [0.717, 1.165) is 96.3 Å². The summed E-state index contributed by atoms with van der Waals surface area (Å²) in [7, 11) is 0. The van der Waals surface area contributed by atoms with E-state index in [1.54, 1.807) is 0 Å². The minimum Gasteiger partial charge on any atom is -0.462 e. The molecule has 74 heavy (non-hydrogen) atoms. The van der Waals surface area contributed by atoms with E-state index in [1.807, 2.05) is 97.2 Å². The molecule has 0 saturated heterocycles. The highest BCUT2D eigenvalue weighted by Crippen LogP contribution is 2.16. The fraction of sp³-hybridized carbons (Fsp3) is 0.603. The Morgan fingerprint density at radius 2 is 0.554 bits per heavy atom. The summed E-state index contributed by atoms with van der Waals surface area (Å²) in [5.74, 6) is -0.978. The number of unbranched alkanes of at least 4 members (excludes halogenated alkanes) is 27. The van der Waals surface area contributed by atoms with Crippen molar-refractivity contribution >= 4 is 17.9 Å². The van der Waals surface area contributed by atoms with Gasteiger partial charge in [-0.25, -0.2) is 0 Å². The molecular formula is C68H108O6. The van der Waals surface area contributed by atoms with Crippen LogP contribution in [-0.4, -0.2) is 37.2 Å². The first kappa shape index (κ1) is 69.3. The molecule has 6 nitrogen and oxygen atoms in total. The summed E-state index contributed by atoms with van der Waals surface area (Å²) in [4.78, 5) is 38.3. The maximum absolute atomic E-state index is 12.9. The van der Waals surface area contributed by atoms with E-state index in [-0.39, 0.29) is 31.1 Å². The molecule has 0 fully saturated rings. The molecule has 0 aromatic heterocycles. The molecule has 0 aliphatic rings. The summed E-state index contributed by atoms with van der Waals surface area (Å²) in [6.45, 7) is 6.35. The van der Waals surface area contributed by atoms with Crippen molar-refractivity contribution in [1.29, 1.82) is 0 Å². The zero-order valence-electron chi connectivity index (χ0n) is 47.5. The van der Waals surface area contributed by atoms with E-state index >= 15 is 0 Å². The van der Waals surface area contributed by atoms with Crippen LogP contribution in [0.5, 0.6) is 0 Å². The van der Waals surface area contributed by atoms with Gasteiger partial charge in [0.05, 0.1) is 0 Å². The van der Waals surface area contributed by atoms with Crippen LogP contribution in [0.25, 0.3) is 0 Å². The molecule has 0 aliphatic carbocycles. The number of carbonyl (C=O) groups is 3. The average Bonchev–Trinajstić information content (AvgIpc) is 3.40. The molecule has 0 N–H and O–H groups in total. The van der Waals surface area contributed by atoms with Crippen LogP contribution in [0.1, 0.15) is 245 Å². The first-order chi connectivity index (χ1) is 36.5. The Morgan fingerprint density at radius 1 is 0.284 bits per heavy atom. The lowest BCUT2D eigenvalue weighted by molar-refractivity contribution is -0.167. The van der Waals surface area contributed by atoms with Crippen molar-refractivity contribution in [1.82, 2.24) is 0 Å². The van der Waals surface area contributed by atoms with Crippen molar-refractivity contribution in [3.8, 4) is 0 Å². The minimum absolute atomic E-state index is 0.111. The third kappa shape index (κ3) is 58.2. The highest BCUT2D eigenvalue weighted by molar-refractivity contribution is 5.71. The summed E-state index contributed by atoms with van der Waals surface area (Å²) in [5, 5.41) is 0. The first-order valence-electron chi connectivity index (χ1n) is 30.0. The highest BCUT2D eigenvalue weighted by atomic mass is 16.6. The Kier molecular flexibility index (Phi) is 57.0. The van der Waals surface area contributed by atoms with Crippen LogP contribution in [0.15, 0.2) is 146 Å². The third-order valence-electron chi connectivity index (χ3n) is 12.4. The molecular weight excluding hydrogens is 913 g/mol. The van der Waals surface area contributed by atoms with Gasteiger partial charge in [0.1, 0.15) is 13.2 Å². The van der Waals surface area contributed by atoms with Gasteiger partial charge in [-0.15, -0.1) is 0 Å². The first-order valence-corrected chi connectivity index (χ1v) is 30.0. The molecule has 0 rings (SSSR count). The van der Waals surface area contributed by atoms with E-state index in [0.29, 0.717) is 19.3 Å². The van der Waals surface area contributed by atoms with Crippen LogP contribution in [-0.2, 0) is 28.6 Å². The van der Waals surface area contributed by atoms with Gasteiger partial charge in [-0.3, -0.25) is 14.4 Å². The van der Waals surface area contributed by atoms with Gasteiger partial charge in [-0.05, 0) is 57.8 Å². The molecule has 0 bridgehead atoms. The minimum atomic E-state index is -0.814. The van der Waals surface area contributed by atoms with Gasteiger partial charge in [0.2, 0.25) is 0 Å². The van der Waals surface area contributed by atoms with Crippen LogP contribution in [0.3, 0.4) is 0 Å². The Balaban J connectivity index is 4.55. The normalized spacial score (nSPS) is 13.2. The molecule has 0 saturated carbocycles. The van der Waals surface area contributed by atoms with Crippen molar-refractivity contribution in [3.05, 3.63) is 146 Å². The molecule has 1 atom stereocenters. The predicted molar refractivity (Wildman–Crippen MR) is 320 cm³/mol. The Morgan fingerprint density at radius 3 is 0.892 bits per heavy atom. The fourth-order valence-corrected chi connectivity index (χ4v) is 7.93. The standard InChI is InChI=1S/C68H108O6/c1-4-7-10-13-16-19-22-25-28-31-34-37-40-43-46-49-52-55-58-61-67(70)73-64-65(63-72-66(69)60-57-54-51-48-45-42-39-36-33-30-27-24-21-18-15-12-9-6-3)74-68(71)62-59-56-53-50-47-44-41-38-35-32-29-26-23-20-17-14-11-8-5-2/h7,10,12-13,15-16,18-19,21-22,24-25,27-28,30-31,33-34,36-37,39-40,43,46,65H,4-6,8-9,11,14,17,20,23,26,29,32,35,38,41-42,44-45,47-64H2,1-3H3/b10-7-,15-12-,16-13-,21-18-,22-19-,27-24-,28-25-,33-30-,34-31+,39-36-,40-37-,46-43-. The molecule has 416 valence electrons. The molecule has 0 aromatic rings. The summed E-state index contributed by atoms with van der Waals surface area (Å²) >= 11 is 0. The maximum atomic E-state index is 12.9. The largest absolute Gasteiger partial charge is 0.462 e. The van der Waals surface area contributed by atoms with Gasteiger partial charge in [0.25, 0.3) is 0 Å². The summed E-state index contributed by atoms with van der Waals surface area (Å²) in [5.41, 5.74) is 0. The number of esters is 3. The van der Waals surface area contributed by atoms with Gasteiger partial charge in [-0.1, -0.05) is 314 Å². The molecule has 0 amide bonds. The summed E-state index contributed by atoms with van der Waals surface area (Å²) < 4.78 is 16.8. The van der Waals surface area contributed by atoms with Crippen LogP contribution >= 0.6 is 0 Å². The molecule has 1 unspecified atom stereocenters. The second-order valence-corrected chi connectivity index (χ2v) is 19.5. The molecule has 6 heteroatoms. The second kappa shape index (κ2) is 60.8. The Labute approximate surface area is 455 Å². The lowest BCUT2D eigenvalue weighted by atomic mass is 10.0. The average molecular weight is 1020 g/mol. The van der Waals surface area contributed by atoms with E-state index in [2.05, 4.69) is 69.4 Å². The number of allylic oxidation sites excluding steroid dienone is 24. The third-order valence-corrected chi connectivity index (χ3v) is 12.4. The number of hydrogen-bond donors (Lipinski definition) is 0. The SMILES string of the molecule is CC\C=C/C=C\C=C/C=C\C=C\C=C/C=C\CCCCCC(=O)OCC(COC(=O)CCCCCCC\C=C/C=C\C=C/C=C\C=C/CCC)OC(=O)CCCCCCCCCCCCCCCCCCCCC. The van der Waals surface area contributed by atoms with E-state index < -0.39 is 6.10 Å². The number of hydrogen-bond acceptors (Lipinski definition) is 6. The molecule has 0 aromatic carbocycles. The van der Waals surface area contributed by atoms with Crippen molar-refractivity contribution in [2.75, 3.05) is 13.2 Å². The van der Waals surface area contributed by atoms with Gasteiger partial charge in [-0.2, -0.15) is 0 Å². The van der Waals surface area contributed by atoms with Crippen LogP contribution in [0, 0.1) is 0 Å². The lowest BCUT2D eigenvalue weighted by Gasteiger charge is -2.18. The van der Waals surface area contributed by atoms with Crippen LogP contribution < -0.4 is 0 Å². The fourth-order valence-electron chi connectivity index (χ4n) is 7.93. The van der Waals surface area contributed by atoms with Crippen molar-refractivity contribution in [2.45, 2.75) is 252 Å². The predicted octanol–water partition coefficient (Wildman–Crippen LogP) is 20.4. The van der Waals surface area contributed by atoms with Crippen molar-refractivity contribution in [2.24, 2.45) is 0 Å². The van der Waals surface area contributed by atoms with Gasteiger partial charge >= 0.3 is 17.9 Å². The van der Waals surface area contributed by atoms with Crippen molar-refractivity contribution in [3.63, 3.8) is 0 Å². The van der Waals surface area contributed by atoms with E-state index in [9.17, 15) is 14.4 Å². The Hall–Kier alpha value is -4.71. The topological polar surface area (TPSA) is 78.9 Å². The van der Waals surface area contributed by atoms with Gasteiger partial charge in [0.15, 0.2) is 6.10 Å². The summed E-state index contributed by atoms with van der Waals surface area (Å²) in [6, 6.07) is 0. The van der Waals surface area contributed by atoms with Crippen LogP contribution in [0.2, 0.25) is 0 Å². The van der Waals surface area contributed by atoms with E-state index in [4.69, 9.17) is 14.2 Å². The molecule has 0 heterocycles. The summed E-state index contributed by atoms with van der Waals surface area (Å²) in [6.07, 6.45) is 86.8. The number of rotatable bonds is 52. The quantitative estimate of drug-likeness (QED) is 0.0261. The second-order valence-electron chi connectivity index (χ2n) is 19.5. The smallest absolute Gasteiger partial charge is 0.306 e. The molecule has 0 radical (unpaired) electrons. The maximum Gasteiger partial charge on any atom is 0.306 e. The Bertz CT molecular complexity index is 1640. The zero-order chi connectivity index (χ0) is 53.6. The number of ether oxygens (including phenoxy) is 3. The van der Waals surface area contributed by atoms with Crippen molar-refractivity contribution < 1.29 is 28.6 Å². The highest BCUT2D eigenvalue weighted by Gasteiger charge is 2.19. The van der Waals surface area contributed by atoms with E-state index in [1.165, 1.54) is 109 Å². The van der Waals surface area contributed by atoms with Crippen LogP contribution in [0.4, 0.5) is 0 Å². The molecule has 0 spiro atoms. The molecule has 0 aliphatic heterocycles. The monoisotopic (exact) mass is 1020 g/mol. The lowest BCUT2D eigenvalue weighted by Crippen LogP contribution is -2.30. The number of carbonyl (C=O) groups excluding carboxylic acids is 3. The van der Waals surface area contributed by atoms with Gasteiger partial charge in [0, 0.05) is 19.3 Å².